The summed E-state index contributed by atoms with van der Waals surface area (Å²) in [6.45, 7) is 3.13. The second-order valence-electron chi connectivity index (χ2n) is 4.20. The van der Waals surface area contributed by atoms with Crippen LogP contribution in [0.15, 0.2) is 18.3 Å². The number of carbonyl (C=O) groups is 2. The van der Waals surface area contributed by atoms with E-state index in [0.29, 0.717) is 25.4 Å². The second-order valence-corrected chi connectivity index (χ2v) is 4.20. The zero-order valence-corrected chi connectivity index (χ0v) is 11.3. The van der Waals surface area contributed by atoms with Crippen LogP contribution in [0.3, 0.4) is 0 Å². The Balaban J connectivity index is 2.83. The van der Waals surface area contributed by atoms with Gasteiger partial charge in [-0.15, -0.1) is 0 Å². The van der Waals surface area contributed by atoms with Crippen LogP contribution in [0.1, 0.15) is 23.8 Å². The zero-order chi connectivity index (χ0) is 14.3. The molecule has 0 unspecified atom stereocenters. The first kappa shape index (κ1) is 15.2. The van der Waals surface area contributed by atoms with Gasteiger partial charge in [-0.2, -0.15) is 0 Å². The summed E-state index contributed by atoms with van der Waals surface area (Å²) in [6.07, 6.45) is 2.51. The molecule has 106 valence electrons. The number of carboxylic acids is 1. The quantitative estimate of drug-likeness (QED) is 0.765. The van der Waals surface area contributed by atoms with Gasteiger partial charge < -0.3 is 19.3 Å². The first-order chi connectivity index (χ1) is 9.10. The van der Waals surface area contributed by atoms with Crippen molar-refractivity contribution in [1.29, 1.82) is 0 Å². The van der Waals surface area contributed by atoms with Crippen LogP contribution in [0.25, 0.3) is 0 Å². The van der Waals surface area contributed by atoms with Crippen LogP contribution >= 0.6 is 0 Å². The summed E-state index contributed by atoms with van der Waals surface area (Å²) in [6, 6.07) is 3.47. The average Bonchev–Trinajstić information content (AvgIpc) is 2.82. The minimum Gasteiger partial charge on any atom is -0.480 e. The van der Waals surface area contributed by atoms with Gasteiger partial charge in [0.15, 0.2) is 0 Å². The molecule has 0 aromatic carbocycles. The topological polar surface area (TPSA) is 71.8 Å². The summed E-state index contributed by atoms with van der Waals surface area (Å²) in [5.74, 6) is -1.26. The van der Waals surface area contributed by atoms with Crippen molar-refractivity contribution in [2.75, 3.05) is 26.8 Å². The van der Waals surface area contributed by atoms with Gasteiger partial charge in [-0.05, 0) is 18.6 Å². The van der Waals surface area contributed by atoms with E-state index in [-0.39, 0.29) is 12.5 Å². The third-order valence-corrected chi connectivity index (χ3v) is 2.69. The molecule has 0 bridgehead atoms. The Hall–Kier alpha value is -1.82. The Labute approximate surface area is 112 Å². The molecule has 0 spiro atoms. The number of rotatable bonds is 8. The highest BCUT2D eigenvalue weighted by atomic mass is 16.5. The molecule has 0 saturated carbocycles. The van der Waals surface area contributed by atoms with E-state index < -0.39 is 5.97 Å². The molecule has 0 aliphatic carbocycles. The number of carbonyl (C=O) groups excluding carboxylic acids is 1. The SMILES string of the molecule is CCCN(CC(=O)O)C(=O)c1cccn1CCOC. The fourth-order valence-corrected chi connectivity index (χ4v) is 1.84. The molecular weight excluding hydrogens is 248 g/mol. The van der Waals surface area contributed by atoms with Crippen molar-refractivity contribution < 1.29 is 19.4 Å². The van der Waals surface area contributed by atoms with Gasteiger partial charge in [-0.1, -0.05) is 6.92 Å². The lowest BCUT2D eigenvalue weighted by Gasteiger charge is -2.20. The van der Waals surface area contributed by atoms with Gasteiger partial charge >= 0.3 is 5.97 Å². The maximum absolute atomic E-state index is 12.3. The Morgan fingerprint density at radius 2 is 2.21 bits per heavy atom. The predicted molar refractivity (Wildman–Crippen MR) is 70.1 cm³/mol. The van der Waals surface area contributed by atoms with Crippen molar-refractivity contribution in [3.63, 3.8) is 0 Å². The molecule has 0 radical (unpaired) electrons. The average molecular weight is 268 g/mol. The zero-order valence-electron chi connectivity index (χ0n) is 11.3. The summed E-state index contributed by atoms with van der Waals surface area (Å²) >= 11 is 0. The maximum atomic E-state index is 12.3. The van der Waals surface area contributed by atoms with Crippen molar-refractivity contribution in [2.24, 2.45) is 0 Å². The molecule has 0 saturated heterocycles. The predicted octanol–water partition coefficient (Wildman–Crippen LogP) is 1.07. The minimum atomic E-state index is -1.00. The highest BCUT2D eigenvalue weighted by Crippen LogP contribution is 2.08. The van der Waals surface area contributed by atoms with E-state index in [0.717, 1.165) is 6.42 Å². The number of amides is 1. The number of aromatic nitrogens is 1. The van der Waals surface area contributed by atoms with Gasteiger partial charge in [0, 0.05) is 26.4 Å². The van der Waals surface area contributed by atoms with Crippen LogP contribution in [-0.4, -0.2) is 53.3 Å². The van der Waals surface area contributed by atoms with E-state index in [4.69, 9.17) is 9.84 Å². The van der Waals surface area contributed by atoms with Gasteiger partial charge in [0.25, 0.3) is 5.91 Å². The summed E-state index contributed by atoms with van der Waals surface area (Å²) in [5.41, 5.74) is 0.492. The smallest absolute Gasteiger partial charge is 0.323 e. The first-order valence-corrected chi connectivity index (χ1v) is 6.25. The van der Waals surface area contributed by atoms with E-state index in [1.165, 1.54) is 4.90 Å². The minimum absolute atomic E-state index is 0.259. The highest BCUT2D eigenvalue weighted by molar-refractivity contribution is 5.94. The van der Waals surface area contributed by atoms with Gasteiger partial charge in [0.05, 0.1) is 6.61 Å². The number of methoxy groups -OCH3 is 1. The molecule has 6 nitrogen and oxygen atoms in total. The fraction of sp³-hybridized carbons (Fsp3) is 0.538. The number of carboxylic acid groups (broad SMARTS) is 1. The number of hydrogen-bond donors (Lipinski definition) is 1. The van der Waals surface area contributed by atoms with Crippen LogP contribution in [0.4, 0.5) is 0 Å². The fourth-order valence-electron chi connectivity index (χ4n) is 1.84. The van der Waals surface area contributed by atoms with Crippen LogP contribution in [0.2, 0.25) is 0 Å². The molecule has 19 heavy (non-hydrogen) atoms. The van der Waals surface area contributed by atoms with Crippen molar-refractivity contribution in [1.82, 2.24) is 9.47 Å². The molecule has 1 aromatic heterocycles. The van der Waals surface area contributed by atoms with Crippen molar-refractivity contribution in [3.05, 3.63) is 24.0 Å². The molecule has 1 rings (SSSR count). The largest absolute Gasteiger partial charge is 0.480 e. The number of aliphatic carboxylic acids is 1. The van der Waals surface area contributed by atoms with Gasteiger partial charge in [-0.3, -0.25) is 9.59 Å². The first-order valence-electron chi connectivity index (χ1n) is 6.25. The third kappa shape index (κ3) is 4.40. The van der Waals surface area contributed by atoms with Crippen molar-refractivity contribution >= 4 is 11.9 Å². The van der Waals surface area contributed by atoms with E-state index in [2.05, 4.69) is 0 Å². The van der Waals surface area contributed by atoms with Crippen LogP contribution in [0, 0.1) is 0 Å². The summed E-state index contributed by atoms with van der Waals surface area (Å²) in [7, 11) is 1.60. The van der Waals surface area contributed by atoms with Crippen LogP contribution < -0.4 is 0 Å². The van der Waals surface area contributed by atoms with Gasteiger partial charge in [-0.25, -0.2) is 0 Å². The molecule has 1 amide bonds. The van der Waals surface area contributed by atoms with E-state index >= 15 is 0 Å². The van der Waals surface area contributed by atoms with E-state index in [1.807, 2.05) is 6.92 Å². The number of hydrogen-bond acceptors (Lipinski definition) is 3. The third-order valence-electron chi connectivity index (χ3n) is 2.69. The molecule has 6 heteroatoms. The summed E-state index contributed by atoms with van der Waals surface area (Å²) < 4.78 is 6.76. The van der Waals surface area contributed by atoms with Crippen molar-refractivity contribution in [2.45, 2.75) is 19.9 Å². The Bertz CT molecular complexity index is 428. The number of ether oxygens (including phenoxy) is 1. The lowest BCUT2D eigenvalue weighted by atomic mass is 10.3. The lowest BCUT2D eigenvalue weighted by molar-refractivity contribution is -0.137. The van der Waals surface area contributed by atoms with E-state index in [9.17, 15) is 9.59 Å². The Kier molecular flexibility index (Phi) is 6.08. The standard InChI is InChI=1S/C13H20N2O4/c1-3-6-15(10-12(16)17)13(18)11-5-4-7-14(11)8-9-19-2/h4-5,7H,3,6,8-10H2,1-2H3,(H,16,17). The summed E-state index contributed by atoms with van der Waals surface area (Å²) in [5, 5.41) is 8.85. The lowest BCUT2D eigenvalue weighted by Crippen LogP contribution is -2.37. The van der Waals surface area contributed by atoms with Crippen LogP contribution in [-0.2, 0) is 16.1 Å². The van der Waals surface area contributed by atoms with Gasteiger partial charge in [0.1, 0.15) is 12.2 Å². The van der Waals surface area contributed by atoms with Gasteiger partial charge in [0.2, 0.25) is 0 Å². The molecule has 1 heterocycles. The molecule has 0 aliphatic heterocycles. The molecule has 1 aromatic rings. The molecule has 1 N–H and O–H groups in total. The van der Waals surface area contributed by atoms with E-state index in [1.54, 1.807) is 30.0 Å². The second kappa shape index (κ2) is 7.58. The molecule has 0 fully saturated rings. The molecule has 0 atom stereocenters. The van der Waals surface area contributed by atoms with Crippen molar-refractivity contribution in [3.8, 4) is 0 Å². The molecule has 0 aliphatic rings. The number of nitrogens with zero attached hydrogens (tertiary/aromatic N) is 2. The maximum Gasteiger partial charge on any atom is 0.323 e. The monoisotopic (exact) mass is 268 g/mol. The van der Waals surface area contributed by atoms with Crippen LogP contribution in [0.5, 0.6) is 0 Å². The highest BCUT2D eigenvalue weighted by Gasteiger charge is 2.20. The Morgan fingerprint density at radius 3 is 2.79 bits per heavy atom. The summed E-state index contributed by atoms with van der Waals surface area (Å²) in [4.78, 5) is 24.5. The Morgan fingerprint density at radius 1 is 1.47 bits per heavy atom. The molecular formula is C13H20N2O4. The normalized spacial score (nSPS) is 10.4.